The molecule has 0 amide bonds. The first-order valence-electron chi connectivity index (χ1n) is 6.22. The van der Waals surface area contributed by atoms with E-state index in [-0.39, 0.29) is 0 Å². The van der Waals surface area contributed by atoms with Crippen LogP contribution in [0.5, 0.6) is 0 Å². The van der Waals surface area contributed by atoms with Crippen LogP contribution < -0.4 is 0 Å². The van der Waals surface area contributed by atoms with E-state index < -0.39 is 10.0 Å². The number of rotatable bonds is 2. The van der Waals surface area contributed by atoms with E-state index in [0.29, 0.717) is 18.0 Å². The Kier molecular flexibility index (Phi) is 4.29. The van der Waals surface area contributed by atoms with Gasteiger partial charge in [-0.15, -0.1) is 0 Å². The first-order valence-corrected chi connectivity index (χ1v) is 7.66. The van der Waals surface area contributed by atoms with Crippen molar-refractivity contribution < 1.29 is 8.42 Å². The van der Waals surface area contributed by atoms with E-state index in [1.165, 1.54) is 4.31 Å². The fraction of sp³-hybridized carbons (Fsp3) is 0.250. The highest BCUT2D eigenvalue weighted by atomic mass is 32.2. The highest BCUT2D eigenvalue weighted by molar-refractivity contribution is 7.89. The average Bonchev–Trinajstić information content (AvgIpc) is 2.89. The average molecular weight is 285 g/mol. The zero-order valence-corrected chi connectivity index (χ0v) is 12.3. The van der Waals surface area contributed by atoms with Gasteiger partial charge in [0.05, 0.1) is 4.90 Å². The predicted molar refractivity (Wildman–Crippen MR) is 79.2 cm³/mol. The molecule has 20 heavy (non-hydrogen) atoms. The molecule has 0 aliphatic carbocycles. The summed E-state index contributed by atoms with van der Waals surface area (Å²) in [6, 6.07) is 6.87. The zero-order chi connectivity index (χ0) is 14.6. The maximum atomic E-state index is 12.4. The van der Waals surface area contributed by atoms with Crippen molar-refractivity contribution in [3.05, 3.63) is 41.5 Å². The molecule has 0 atom stereocenters. The molecule has 0 radical (unpaired) electrons. The molecule has 1 heterocycles. The normalized spacial score (nSPS) is 14.8. The number of aryl methyl sites for hydroxylation is 1. The lowest BCUT2D eigenvalue weighted by atomic mass is 10.2. The molecule has 3 nitrogen and oxygen atoms in total. The van der Waals surface area contributed by atoms with Crippen LogP contribution in [-0.2, 0) is 10.0 Å². The van der Waals surface area contributed by atoms with Gasteiger partial charge in [0.25, 0.3) is 0 Å². The minimum atomic E-state index is -3.44. The largest absolute Gasteiger partial charge is 0.243 e. The summed E-state index contributed by atoms with van der Waals surface area (Å²) in [6.07, 6.45) is 1.83. The first-order chi connectivity index (χ1) is 9.54. The number of hydrogen-bond donors (Lipinski definition) is 0. The van der Waals surface area contributed by atoms with Crippen LogP contribution in [0.25, 0.3) is 0 Å². The SMILES string of the molecule is CC#CC#CC1=CCN(S(=O)(=O)c2ccc(C)cc2)C1. The molecule has 1 aromatic carbocycles. The Bertz CT molecular complexity index is 751. The maximum absolute atomic E-state index is 12.4. The molecule has 0 saturated heterocycles. The molecule has 0 spiro atoms. The van der Waals surface area contributed by atoms with E-state index in [2.05, 4.69) is 23.7 Å². The molecule has 1 aromatic rings. The van der Waals surface area contributed by atoms with Crippen LogP contribution in [0.4, 0.5) is 0 Å². The molecule has 0 aromatic heterocycles. The third kappa shape index (κ3) is 3.11. The van der Waals surface area contributed by atoms with Crippen molar-refractivity contribution in [1.29, 1.82) is 0 Å². The molecule has 1 aliphatic rings. The summed E-state index contributed by atoms with van der Waals surface area (Å²) in [4.78, 5) is 0.319. The quantitative estimate of drug-likeness (QED) is 0.779. The summed E-state index contributed by atoms with van der Waals surface area (Å²) in [6.45, 7) is 4.32. The summed E-state index contributed by atoms with van der Waals surface area (Å²) in [5.74, 6) is 10.9. The number of nitrogens with zero attached hydrogens (tertiary/aromatic N) is 1. The van der Waals surface area contributed by atoms with Crippen LogP contribution in [0, 0.1) is 30.6 Å². The van der Waals surface area contributed by atoms with E-state index >= 15 is 0 Å². The summed E-state index contributed by atoms with van der Waals surface area (Å²) in [7, 11) is -3.44. The maximum Gasteiger partial charge on any atom is 0.243 e. The monoisotopic (exact) mass is 285 g/mol. The molecule has 0 fully saturated rings. The van der Waals surface area contributed by atoms with Gasteiger partial charge in [-0.3, -0.25) is 0 Å². The lowest BCUT2D eigenvalue weighted by Gasteiger charge is -2.15. The zero-order valence-electron chi connectivity index (χ0n) is 11.5. The Morgan fingerprint density at radius 2 is 1.85 bits per heavy atom. The Hall–Kier alpha value is -2.01. The third-order valence-electron chi connectivity index (χ3n) is 2.96. The van der Waals surface area contributed by atoms with Crippen molar-refractivity contribution in [2.24, 2.45) is 0 Å². The molecule has 0 bridgehead atoms. The van der Waals surface area contributed by atoms with Crippen molar-refractivity contribution >= 4 is 10.0 Å². The van der Waals surface area contributed by atoms with E-state index in [9.17, 15) is 8.42 Å². The molecule has 1 aliphatic heterocycles. The minimum absolute atomic E-state index is 0.314. The van der Waals surface area contributed by atoms with Crippen molar-refractivity contribution in [2.45, 2.75) is 18.7 Å². The van der Waals surface area contributed by atoms with Crippen molar-refractivity contribution in [2.75, 3.05) is 13.1 Å². The fourth-order valence-corrected chi connectivity index (χ4v) is 3.20. The standard InChI is InChI=1S/C16H15NO2S/c1-3-4-5-6-15-11-12-17(13-15)20(18,19)16-9-7-14(2)8-10-16/h7-11H,12-13H2,1-2H3. The van der Waals surface area contributed by atoms with Gasteiger partial charge in [0.15, 0.2) is 0 Å². The Balaban J connectivity index is 2.16. The molecule has 4 heteroatoms. The van der Waals surface area contributed by atoms with Gasteiger partial charge in [0.1, 0.15) is 0 Å². The topological polar surface area (TPSA) is 37.4 Å². The highest BCUT2D eigenvalue weighted by Gasteiger charge is 2.27. The van der Waals surface area contributed by atoms with Crippen LogP contribution in [0.1, 0.15) is 12.5 Å². The second-order valence-electron chi connectivity index (χ2n) is 4.46. The number of hydrogen-bond acceptors (Lipinski definition) is 2. The first kappa shape index (κ1) is 14.4. The van der Waals surface area contributed by atoms with Crippen molar-refractivity contribution in [3.63, 3.8) is 0 Å². The van der Waals surface area contributed by atoms with Crippen LogP contribution >= 0.6 is 0 Å². The summed E-state index contributed by atoms with van der Waals surface area (Å²) < 4.78 is 26.3. The number of sulfonamides is 1. The Labute approximate surface area is 120 Å². The van der Waals surface area contributed by atoms with Gasteiger partial charge in [-0.2, -0.15) is 4.31 Å². The second-order valence-corrected chi connectivity index (χ2v) is 6.40. The Morgan fingerprint density at radius 3 is 2.50 bits per heavy atom. The summed E-state index contributed by atoms with van der Waals surface area (Å²) in [5, 5.41) is 0. The fourth-order valence-electron chi connectivity index (χ4n) is 1.84. The van der Waals surface area contributed by atoms with E-state index in [4.69, 9.17) is 0 Å². The second kappa shape index (κ2) is 5.96. The Morgan fingerprint density at radius 1 is 1.15 bits per heavy atom. The summed E-state index contributed by atoms with van der Waals surface area (Å²) >= 11 is 0. The molecule has 2 rings (SSSR count). The highest BCUT2D eigenvalue weighted by Crippen LogP contribution is 2.20. The van der Waals surface area contributed by atoms with Crippen LogP contribution in [0.15, 0.2) is 40.8 Å². The molecular weight excluding hydrogens is 270 g/mol. The third-order valence-corrected chi connectivity index (χ3v) is 4.78. The predicted octanol–water partition coefficient (Wildman–Crippen LogP) is 1.95. The van der Waals surface area contributed by atoms with Gasteiger partial charge < -0.3 is 0 Å². The van der Waals surface area contributed by atoms with Gasteiger partial charge >= 0.3 is 0 Å². The van der Waals surface area contributed by atoms with Gasteiger partial charge in [-0.05, 0) is 37.8 Å². The van der Waals surface area contributed by atoms with Crippen molar-refractivity contribution in [3.8, 4) is 23.7 Å². The smallest absolute Gasteiger partial charge is 0.207 e. The van der Waals surface area contributed by atoms with Crippen LogP contribution in [0.3, 0.4) is 0 Å². The lowest BCUT2D eigenvalue weighted by Crippen LogP contribution is -2.29. The van der Waals surface area contributed by atoms with Crippen LogP contribution in [0.2, 0.25) is 0 Å². The minimum Gasteiger partial charge on any atom is -0.207 e. The number of benzene rings is 1. The van der Waals surface area contributed by atoms with Gasteiger partial charge in [0, 0.05) is 18.7 Å². The van der Waals surface area contributed by atoms with Crippen molar-refractivity contribution in [1.82, 2.24) is 4.31 Å². The molecule has 0 unspecified atom stereocenters. The van der Waals surface area contributed by atoms with E-state index in [1.807, 2.05) is 13.0 Å². The van der Waals surface area contributed by atoms with Crippen LogP contribution in [-0.4, -0.2) is 25.8 Å². The van der Waals surface area contributed by atoms with E-state index in [0.717, 1.165) is 11.1 Å². The van der Waals surface area contributed by atoms with Gasteiger partial charge in [0.2, 0.25) is 10.0 Å². The molecule has 102 valence electrons. The molecular formula is C16H15NO2S. The lowest BCUT2D eigenvalue weighted by molar-refractivity contribution is 0.486. The molecule has 0 saturated carbocycles. The van der Waals surface area contributed by atoms with E-state index in [1.54, 1.807) is 31.2 Å². The van der Waals surface area contributed by atoms with Gasteiger partial charge in [-0.25, -0.2) is 8.42 Å². The summed E-state index contributed by atoms with van der Waals surface area (Å²) in [5.41, 5.74) is 1.83. The molecule has 0 N–H and O–H groups in total. The van der Waals surface area contributed by atoms with Gasteiger partial charge in [-0.1, -0.05) is 35.6 Å².